The Morgan fingerprint density at radius 2 is 1.39 bits per heavy atom. The Labute approximate surface area is 180 Å². The van der Waals surface area contributed by atoms with Crippen LogP contribution in [0.4, 0.5) is 16.2 Å². The van der Waals surface area contributed by atoms with Crippen molar-refractivity contribution in [1.82, 2.24) is 5.32 Å². The molecule has 0 aromatic heterocycles. The maximum absolute atomic E-state index is 12.2. The zero-order valence-corrected chi connectivity index (χ0v) is 16.8. The van der Waals surface area contributed by atoms with Gasteiger partial charge in [0.1, 0.15) is 0 Å². The lowest BCUT2D eigenvalue weighted by Crippen LogP contribution is -2.31. The van der Waals surface area contributed by atoms with Gasteiger partial charge in [0.2, 0.25) is 0 Å². The minimum Gasteiger partial charge on any atom is -0.456 e. The zero-order chi connectivity index (χ0) is 21.9. The van der Waals surface area contributed by atoms with Gasteiger partial charge >= 0.3 is 12.0 Å². The maximum atomic E-state index is 12.2. The van der Waals surface area contributed by atoms with Crippen LogP contribution in [0, 0.1) is 0 Å². The molecule has 0 aliphatic carbocycles. The Bertz CT molecular complexity index is 1020. The van der Waals surface area contributed by atoms with Gasteiger partial charge in [-0.05, 0) is 23.8 Å². The summed E-state index contributed by atoms with van der Waals surface area (Å²) in [6.45, 7) is -0.311. The molecule has 0 bridgehead atoms. The molecule has 7 heteroatoms. The van der Waals surface area contributed by atoms with Crippen molar-refractivity contribution in [3.63, 3.8) is 0 Å². The van der Waals surface area contributed by atoms with Gasteiger partial charge in [-0.2, -0.15) is 0 Å². The van der Waals surface area contributed by atoms with Crippen LogP contribution in [0.2, 0.25) is 0 Å². The van der Waals surface area contributed by atoms with Crippen LogP contribution in [-0.2, 0) is 14.3 Å². The van der Waals surface area contributed by atoms with Gasteiger partial charge in [-0.15, -0.1) is 0 Å². The van der Waals surface area contributed by atoms with Crippen LogP contribution in [0.25, 0.3) is 11.1 Å². The first-order chi connectivity index (χ1) is 15.1. The number of carbonyl (C=O) groups excluding carboxylic acids is 3. The molecule has 0 heterocycles. The molecule has 0 aliphatic rings. The van der Waals surface area contributed by atoms with Crippen LogP contribution >= 0.6 is 0 Å². The molecule has 0 saturated carbocycles. The molecule has 158 valence electrons. The van der Waals surface area contributed by atoms with Gasteiger partial charge in [-0.25, -0.2) is 4.79 Å². The summed E-state index contributed by atoms with van der Waals surface area (Å²) >= 11 is 0. The molecular formula is C24H23N3O4. The molecule has 3 rings (SSSR count). The second-order valence-electron chi connectivity index (χ2n) is 6.62. The molecule has 3 N–H and O–H groups in total. The van der Waals surface area contributed by atoms with Crippen molar-refractivity contribution < 1.29 is 19.1 Å². The van der Waals surface area contributed by atoms with Crippen molar-refractivity contribution >= 4 is 29.3 Å². The van der Waals surface area contributed by atoms with E-state index in [1.165, 1.54) is 0 Å². The van der Waals surface area contributed by atoms with E-state index in [1.54, 1.807) is 30.3 Å². The minimum absolute atomic E-state index is 0.0455. The van der Waals surface area contributed by atoms with Crippen molar-refractivity contribution in [2.24, 2.45) is 0 Å². The van der Waals surface area contributed by atoms with Gasteiger partial charge in [0, 0.05) is 23.5 Å². The summed E-state index contributed by atoms with van der Waals surface area (Å²) in [5.74, 6) is -1.02. The Kier molecular flexibility index (Phi) is 7.77. The average molecular weight is 417 g/mol. The fourth-order valence-corrected chi connectivity index (χ4v) is 2.84. The first-order valence-electron chi connectivity index (χ1n) is 9.81. The average Bonchev–Trinajstić information content (AvgIpc) is 2.79. The fraction of sp³-hybridized carbons (Fsp3) is 0.125. The number of amides is 3. The third-order valence-corrected chi connectivity index (χ3v) is 4.30. The second kappa shape index (κ2) is 11.2. The topological polar surface area (TPSA) is 96.5 Å². The number of hydrogen-bond donors (Lipinski definition) is 3. The first-order valence-corrected chi connectivity index (χ1v) is 9.81. The van der Waals surface area contributed by atoms with Crippen molar-refractivity contribution in [3.05, 3.63) is 84.9 Å². The van der Waals surface area contributed by atoms with E-state index in [0.717, 1.165) is 11.1 Å². The number of rotatable bonds is 8. The molecule has 0 radical (unpaired) electrons. The molecule has 0 unspecified atom stereocenters. The number of ether oxygens (including phenoxy) is 1. The molecule has 0 spiro atoms. The van der Waals surface area contributed by atoms with Gasteiger partial charge in [-0.3, -0.25) is 9.59 Å². The number of esters is 1. The van der Waals surface area contributed by atoms with Crippen molar-refractivity contribution in [2.75, 3.05) is 23.8 Å². The Balaban J connectivity index is 1.40. The minimum atomic E-state index is -0.577. The van der Waals surface area contributed by atoms with E-state index in [-0.39, 0.29) is 13.0 Å². The van der Waals surface area contributed by atoms with Crippen LogP contribution in [0.15, 0.2) is 84.9 Å². The molecule has 0 fully saturated rings. The van der Waals surface area contributed by atoms with E-state index in [1.807, 2.05) is 54.6 Å². The van der Waals surface area contributed by atoms with Gasteiger partial charge in [0.25, 0.3) is 5.91 Å². The summed E-state index contributed by atoms with van der Waals surface area (Å²) in [5.41, 5.74) is 3.12. The van der Waals surface area contributed by atoms with Gasteiger partial charge < -0.3 is 20.7 Å². The highest BCUT2D eigenvalue weighted by atomic mass is 16.5. The lowest BCUT2D eigenvalue weighted by atomic mass is 10.0. The highest BCUT2D eigenvalue weighted by Gasteiger charge is 2.11. The van der Waals surface area contributed by atoms with Crippen LogP contribution in [0.5, 0.6) is 0 Å². The molecule has 31 heavy (non-hydrogen) atoms. The molecular weight excluding hydrogens is 394 g/mol. The predicted octanol–water partition coefficient (Wildman–Crippen LogP) is 4.05. The van der Waals surface area contributed by atoms with E-state index >= 15 is 0 Å². The normalized spacial score (nSPS) is 10.1. The fourth-order valence-electron chi connectivity index (χ4n) is 2.84. The summed E-state index contributed by atoms with van der Waals surface area (Å²) in [5, 5.41) is 7.98. The number of nitrogens with one attached hydrogen (secondary N) is 3. The van der Waals surface area contributed by atoms with Crippen LogP contribution in [-0.4, -0.2) is 31.1 Å². The summed E-state index contributed by atoms with van der Waals surface area (Å²) in [4.78, 5) is 35.8. The first kappa shape index (κ1) is 21.6. The lowest BCUT2D eigenvalue weighted by Gasteiger charge is -2.12. The third kappa shape index (κ3) is 7.01. The predicted molar refractivity (Wildman–Crippen MR) is 120 cm³/mol. The molecule has 0 saturated heterocycles. The Morgan fingerprint density at radius 3 is 2.13 bits per heavy atom. The SMILES string of the molecule is O=C(COC(=O)CCNC(=O)Nc1ccccc1)Nc1ccccc1-c1ccccc1. The molecule has 3 amide bonds. The summed E-state index contributed by atoms with van der Waals surface area (Å²) in [6, 6.07) is 25.6. The Morgan fingerprint density at radius 1 is 0.742 bits per heavy atom. The summed E-state index contributed by atoms with van der Waals surface area (Å²) < 4.78 is 5.00. The van der Waals surface area contributed by atoms with Gasteiger partial charge in [0.15, 0.2) is 6.61 Å². The van der Waals surface area contributed by atoms with Gasteiger partial charge in [-0.1, -0.05) is 66.7 Å². The van der Waals surface area contributed by atoms with Crippen molar-refractivity contribution in [2.45, 2.75) is 6.42 Å². The monoisotopic (exact) mass is 417 g/mol. The molecule has 0 atom stereocenters. The maximum Gasteiger partial charge on any atom is 0.319 e. The standard InChI is InChI=1S/C24H23N3O4/c28-22(27-21-14-8-7-13-20(21)18-9-3-1-4-10-18)17-31-23(29)15-16-25-24(30)26-19-11-5-2-6-12-19/h1-14H,15-17H2,(H,27,28)(H2,25,26,30). The zero-order valence-electron chi connectivity index (χ0n) is 16.8. The summed E-state index contributed by atoms with van der Waals surface area (Å²) in [6.07, 6.45) is -0.0455. The van der Waals surface area contributed by atoms with E-state index in [0.29, 0.717) is 11.4 Å². The van der Waals surface area contributed by atoms with E-state index in [9.17, 15) is 14.4 Å². The van der Waals surface area contributed by atoms with Gasteiger partial charge in [0.05, 0.1) is 6.42 Å². The van der Waals surface area contributed by atoms with Crippen LogP contribution in [0.3, 0.4) is 0 Å². The van der Waals surface area contributed by atoms with Crippen LogP contribution in [0.1, 0.15) is 6.42 Å². The number of anilines is 2. The van der Waals surface area contributed by atoms with E-state index in [2.05, 4.69) is 16.0 Å². The number of hydrogen-bond acceptors (Lipinski definition) is 4. The molecule has 3 aromatic rings. The molecule has 3 aromatic carbocycles. The smallest absolute Gasteiger partial charge is 0.319 e. The van der Waals surface area contributed by atoms with E-state index in [4.69, 9.17) is 4.74 Å². The second-order valence-corrected chi connectivity index (χ2v) is 6.62. The number of para-hydroxylation sites is 2. The molecule has 7 nitrogen and oxygen atoms in total. The van der Waals surface area contributed by atoms with Crippen molar-refractivity contribution in [1.29, 1.82) is 0 Å². The Hall–Kier alpha value is -4.13. The lowest BCUT2D eigenvalue weighted by molar-refractivity contribution is -0.147. The number of carbonyl (C=O) groups is 3. The molecule has 0 aliphatic heterocycles. The quantitative estimate of drug-likeness (QED) is 0.482. The number of urea groups is 1. The van der Waals surface area contributed by atoms with Crippen molar-refractivity contribution in [3.8, 4) is 11.1 Å². The largest absolute Gasteiger partial charge is 0.456 e. The summed E-state index contributed by atoms with van der Waals surface area (Å²) in [7, 11) is 0. The van der Waals surface area contributed by atoms with Crippen LogP contribution < -0.4 is 16.0 Å². The van der Waals surface area contributed by atoms with E-state index < -0.39 is 24.5 Å². The third-order valence-electron chi connectivity index (χ3n) is 4.30. The highest BCUT2D eigenvalue weighted by molar-refractivity contribution is 5.97. The highest BCUT2D eigenvalue weighted by Crippen LogP contribution is 2.27. The number of benzene rings is 3.